The van der Waals surface area contributed by atoms with Gasteiger partial charge in [-0.1, -0.05) is 92.4 Å². The molecule has 0 spiro atoms. The molecule has 0 heteroatoms. The van der Waals surface area contributed by atoms with Gasteiger partial charge in [0.15, 0.2) is 0 Å². The van der Waals surface area contributed by atoms with E-state index in [0.717, 1.165) is 0 Å². The highest BCUT2D eigenvalue weighted by atomic mass is 14.1. The second-order valence-electron chi connectivity index (χ2n) is 7.21. The van der Waals surface area contributed by atoms with Crippen LogP contribution in [0.4, 0.5) is 0 Å². The molecule has 0 unspecified atom stereocenters. The zero-order chi connectivity index (χ0) is 18.2. The average Bonchev–Trinajstić information content (AvgIpc) is 2.72. The molecule has 5 rings (SSSR count). The summed E-state index contributed by atoms with van der Waals surface area (Å²) in [5.74, 6) is 0. The van der Waals surface area contributed by atoms with Crippen molar-refractivity contribution >= 4 is 21.5 Å². The lowest BCUT2D eigenvalue weighted by molar-refractivity contribution is 1.46. The quantitative estimate of drug-likeness (QED) is 0.297. The van der Waals surface area contributed by atoms with Crippen LogP contribution in [0.3, 0.4) is 0 Å². The second-order valence-corrected chi connectivity index (χ2v) is 7.21. The first-order chi connectivity index (χ1) is 13.3. The fourth-order valence-corrected chi connectivity index (χ4v) is 3.85. The normalized spacial score (nSPS) is 10.8. The van der Waals surface area contributed by atoms with E-state index < -0.39 is 0 Å². The summed E-state index contributed by atoms with van der Waals surface area (Å²) in [6.07, 6.45) is 0. The minimum absolute atomic E-state index is 0. The molecule has 0 aliphatic rings. The molecule has 0 N–H and O–H groups in total. The molecule has 28 heavy (non-hydrogen) atoms. The van der Waals surface area contributed by atoms with Gasteiger partial charge in [-0.3, -0.25) is 0 Å². The Balaban J connectivity index is 0.00000192. The molecule has 0 heterocycles. The lowest BCUT2D eigenvalue weighted by atomic mass is 9.94. The summed E-state index contributed by atoms with van der Waals surface area (Å²) < 4.78 is 0. The molecule has 0 bridgehead atoms. The van der Waals surface area contributed by atoms with Crippen LogP contribution in [0.25, 0.3) is 43.8 Å². The Kier molecular flexibility index (Phi) is 4.71. The first-order valence-electron chi connectivity index (χ1n) is 9.36. The number of benzene rings is 5. The zero-order valence-electron chi connectivity index (χ0n) is 15.3. The molecule has 0 aliphatic heterocycles. The predicted octanol–water partition coefficient (Wildman–Crippen LogP) is 8.27. The van der Waals surface area contributed by atoms with Gasteiger partial charge in [0.2, 0.25) is 0 Å². The Morgan fingerprint density at radius 2 is 0.821 bits per heavy atom. The minimum Gasteiger partial charge on any atom is -0.0776 e. The van der Waals surface area contributed by atoms with Crippen molar-refractivity contribution in [3.8, 4) is 22.3 Å². The summed E-state index contributed by atoms with van der Waals surface area (Å²) in [5.41, 5.74) is 6.34. The maximum atomic E-state index is 2.31. The van der Waals surface area contributed by atoms with Crippen molar-refractivity contribution < 1.29 is 0 Å². The predicted molar refractivity (Wildman–Crippen MR) is 124 cm³/mol. The van der Waals surface area contributed by atoms with Gasteiger partial charge in [0.25, 0.3) is 0 Å². The van der Waals surface area contributed by atoms with Crippen LogP contribution in [0.5, 0.6) is 0 Å². The van der Waals surface area contributed by atoms with Crippen molar-refractivity contribution in [2.45, 2.75) is 14.4 Å². The van der Waals surface area contributed by atoms with Crippen molar-refractivity contribution in [3.63, 3.8) is 0 Å². The van der Waals surface area contributed by atoms with E-state index in [0.29, 0.717) is 0 Å². The lowest BCUT2D eigenvalue weighted by Crippen LogP contribution is -1.85. The summed E-state index contributed by atoms with van der Waals surface area (Å²) in [7, 11) is 0. The molecular weight excluding hydrogens is 336 g/mol. The first kappa shape index (κ1) is 18.0. The Labute approximate surface area is 167 Å². The molecule has 5 aromatic carbocycles. The highest BCUT2D eigenvalue weighted by Crippen LogP contribution is 2.31. The van der Waals surface area contributed by atoms with Gasteiger partial charge in [0, 0.05) is 0 Å². The van der Waals surface area contributed by atoms with E-state index in [4.69, 9.17) is 0 Å². The van der Waals surface area contributed by atoms with Crippen LogP contribution in [-0.4, -0.2) is 0 Å². The molecule has 0 atom stereocenters. The van der Waals surface area contributed by atoms with Crippen LogP contribution in [0, 0.1) is 6.92 Å². The van der Waals surface area contributed by atoms with Gasteiger partial charge in [-0.05, 0) is 74.5 Å². The third-order valence-corrected chi connectivity index (χ3v) is 5.24. The summed E-state index contributed by atoms with van der Waals surface area (Å²) in [4.78, 5) is 0. The van der Waals surface area contributed by atoms with E-state index in [1.54, 1.807) is 0 Å². The fraction of sp³-hybridized carbons (Fsp3) is 0.0714. The summed E-state index contributed by atoms with van der Waals surface area (Å²) in [6.45, 7) is 2.18. The maximum absolute atomic E-state index is 2.31. The van der Waals surface area contributed by atoms with Gasteiger partial charge in [-0.25, -0.2) is 0 Å². The average molecular weight is 361 g/mol. The summed E-state index contributed by atoms with van der Waals surface area (Å²) >= 11 is 0. The number of aryl methyl sites for hydroxylation is 1. The smallest absolute Gasteiger partial charge is 0.0175 e. The lowest BCUT2D eigenvalue weighted by Gasteiger charge is -2.10. The van der Waals surface area contributed by atoms with Crippen LogP contribution in [0.1, 0.15) is 13.0 Å². The molecule has 136 valence electrons. The van der Waals surface area contributed by atoms with Crippen LogP contribution < -0.4 is 0 Å². The summed E-state index contributed by atoms with van der Waals surface area (Å²) in [5, 5.41) is 5.12. The standard InChI is InChI=1S/C27H20.CH4/c1-19-14-26(24-12-10-20-6-2-4-8-22(20)16-24)18-27(15-19)25-13-11-21-7-3-5-9-23(21)17-25;/h2-18H,1H3;1H4. The highest BCUT2D eigenvalue weighted by molar-refractivity contribution is 5.90. The fourth-order valence-electron chi connectivity index (χ4n) is 3.85. The highest BCUT2D eigenvalue weighted by Gasteiger charge is 2.06. The Morgan fingerprint density at radius 3 is 1.29 bits per heavy atom. The van der Waals surface area contributed by atoms with Crippen molar-refractivity contribution in [3.05, 3.63) is 109 Å². The van der Waals surface area contributed by atoms with Crippen LogP contribution in [-0.2, 0) is 0 Å². The largest absolute Gasteiger partial charge is 0.0776 e. The number of rotatable bonds is 2. The molecule has 0 amide bonds. The number of hydrogen-bond donors (Lipinski definition) is 0. The topological polar surface area (TPSA) is 0 Å². The van der Waals surface area contributed by atoms with E-state index >= 15 is 0 Å². The van der Waals surface area contributed by atoms with Gasteiger partial charge in [-0.2, -0.15) is 0 Å². The van der Waals surface area contributed by atoms with Gasteiger partial charge < -0.3 is 0 Å². The third-order valence-electron chi connectivity index (χ3n) is 5.24. The minimum atomic E-state index is 0. The first-order valence-corrected chi connectivity index (χ1v) is 9.36. The van der Waals surface area contributed by atoms with Crippen molar-refractivity contribution in [1.82, 2.24) is 0 Å². The molecule has 5 aromatic rings. The van der Waals surface area contributed by atoms with Crippen molar-refractivity contribution in [1.29, 1.82) is 0 Å². The third kappa shape index (κ3) is 3.30. The SMILES string of the molecule is C.Cc1cc(-c2ccc3ccccc3c2)cc(-c2ccc3ccccc3c2)c1. The second kappa shape index (κ2) is 7.32. The molecule has 0 radical (unpaired) electrons. The molecule has 0 saturated carbocycles. The van der Waals surface area contributed by atoms with Crippen LogP contribution >= 0.6 is 0 Å². The van der Waals surface area contributed by atoms with E-state index in [1.807, 2.05) is 0 Å². The van der Waals surface area contributed by atoms with Crippen molar-refractivity contribution in [2.24, 2.45) is 0 Å². The molecule has 0 nitrogen and oxygen atoms in total. The van der Waals surface area contributed by atoms with Crippen molar-refractivity contribution in [2.75, 3.05) is 0 Å². The molecule has 0 aliphatic carbocycles. The van der Waals surface area contributed by atoms with E-state index in [2.05, 4.69) is 110 Å². The number of hydrogen-bond acceptors (Lipinski definition) is 0. The van der Waals surface area contributed by atoms with Gasteiger partial charge in [-0.15, -0.1) is 0 Å². The van der Waals surface area contributed by atoms with Gasteiger partial charge in [0.05, 0.1) is 0 Å². The summed E-state index contributed by atoms with van der Waals surface area (Å²) in [6, 6.07) is 37.4. The van der Waals surface area contributed by atoms with Gasteiger partial charge in [0.1, 0.15) is 0 Å². The molecule has 0 saturated heterocycles. The Morgan fingerprint density at radius 1 is 0.393 bits per heavy atom. The molecular formula is C28H24. The number of fused-ring (bicyclic) bond motifs is 2. The van der Waals surface area contributed by atoms with E-state index in [1.165, 1.54) is 49.4 Å². The maximum Gasteiger partial charge on any atom is -0.0175 e. The van der Waals surface area contributed by atoms with E-state index in [-0.39, 0.29) is 7.43 Å². The van der Waals surface area contributed by atoms with Crippen LogP contribution in [0.2, 0.25) is 0 Å². The molecule has 0 aromatic heterocycles. The van der Waals surface area contributed by atoms with Crippen LogP contribution in [0.15, 0.2) is 103 Å². The zero-order valence-corrected chi connectivity index (χ0v) is 15.3. The van der Waals surface area contributed by atoms with E-state index in [9.17, 15) is 0 Å². The molecule has 0 fully saturated rings. The Bertz CT molecular complexity index is 1180. The Hall–Kier alpha value is -3.38. The monoisotopic (exact) mass is 360 g/mol. The van der Waals surface area contributed by atoms with Gasteiger partial charge >= 0.3 is 0 Å².